The Balaban J connectivity index is 1.18. The highest BCUT2D eigenvalue weighted by molar-refractivity contribution is 7.91. The van der Waals surface area contributed by atoms with Crippen molar-refractivity contribution in [2.24, 2.45) is 10.8 Å². The summed E-state index contributed by atoms with van der Waals surface area (Å²) in [5.41, 5.74) is 3.18. The van der Waals surface area contributed by atoms with Crippen LogP contribution in [0.4, 0.5) is 0 Å². The van der Waals surface area contributed by atoms with Gasteiger partial charge in [0.1, 0.15) is 0 Å². The fourth-order valence-electron chi connectivity index (χ4n) is 6.65. The number of nitrogens with zero attached hydrogens (tertiary/aromatic N) is 2. The monoisotopic (exact) mass is 625 g/mol. The van der Waals surface area contributed by atoms with E-state index in [1.54, 1.807) is 24.3 Å². The number of aromatic carboxylic acids is 1. The lowest BCUT2D eigenvalue weighted by molar-refractivity contribution is 0.0682. The smallest absolute Gasteiger partial charge is 0.335 e. The van der Waals surface area contributed by atoms with Gasteiger partial charge >= 0.3 is 5.97 Å². The zero-order valence-corrected chi connectivity index (χ0v) is 26.5. The first kappa shape index (κ1) is 31.2. The van der Waals surface area contributed by atoms with Crippen molar-refractivity contribution in [3.63, 3.8) is 0 Å². The second-order valence-corrected chi connectivity index (χ2v) is 15.8. The minimum atomic E-state index is -2.90. The number of fused-ring (bicyclic) bond motifs is 1. The lowest BCUT2D eigenvalue weighted by Gasteiger charge is -2.50. The normalized spacial score (nSPS) is 23.1. The van der Waals surface area contributed by atoms with Crippen molar-refractivity contribution in [3.8, 4) is 0 Å². The third-order valence-corrected chi connectivity index (χ3v) is 11.6. The molecule has 3 heterocycles. The number of benzene rings is 1. The average Bonchev–Trinajstić information content (AvgIpc) is 3.46. The quantitative estimate of drug-likeness (QED) is 0.333. The third-order valence-electron chi connectivity index (χ3n) is 8.95. The Kier molecular flexibility index (Phi) is 8.70. The summed E-state index contributed by atoms with van der Waals surface area (Å²) in [6.45, 7) is 9.91. The highest BCUT2D eigenvalue weighted by Gasteiger charge is 2.46. The zero-order chi connectivity index (χ0) is 31.0. The summed E-state index contributed by atoms with van der Waals surface area (Å²) < 4.78 is 23.2. The molecule has 1 aromatic heterocycles. The minimum absolute atomic E-state index is 0.0857. The van der Waals surface area contributed by atoms with Crippen LogP contribution in [0.3, 0.4) is 0 Å². The predicted octanol–water partition coefficient (Wildman–Crippen LogP) is 4.20. The number of carboxylic acid groups (broad SMARTS) is 1. The van der Waals surface area contributed by atoms with Gasteiger partial charge in [-0.3, -0.25) is 9.59 Å². The second kappa shape index (κ2) is 12.0. The largest absolute Gasteiger partial charge is 0.478 e. The van der Waals surface area contributed by atoms with E-state index in [-0.39, 0.29) is 39.7 Å². The van der Waals surface area contributed by atoms with E-state index in [9.17, 15) is 27.9 Å². The maximum absolute atomic E-state index is 13.5. The van der Waals surface area contributed by atoms with Gasteiger partial charge in [-0.05, 0) is 54.8 Å². The number of carboxylic acids is 1. The molecule has 230 valence electrons. The van der Waals surface area contributed by atoms with Crippen LogP contribution in [0.25, 0.3) is 5.57 Å². The number of amides is 2. The number of allylic oxidation sites excluding steroid dienone is 2. The van der Waals surface area contributed by atoms with Crippen molar-refractivity contribution in [1.82, 2.24) is 15.1 Å². The molecule has 0 spiro atoms. The van der Waals surface area contributed by atoms with Crippen molar-refractivity contribution in [2.45, 2.75) is 33.6 Å². The Morgan fingerprint density at radius 2 is 1.65 bits per heavy atom. The molecule has 5 rings (SSSR count). The maximum Gasteiger partial charge on any atom is 0.335 e. The first-order chi connectivity index (χ1) is 20.3. The molecule has 0 saturated carbocycles. The highest BCUT2D eigenvalue weighted by atomic mass is 32.2. The fraction of sp³-hybridized carbons (Fsp3) is 0.469. The van der Waals surface area contributed by atoms with Crippen LogP contribution in [0, 0.1) is 10.8 Å². The van der Waals surface area contributed by atoms with Crippen molar-refractivity contribution < 1.29 is 27.9 Å². The number of thiophene rings is 1. The number of hydrogen-bond donors (Lipinski definition) is 2. The van der Waals surface area contributed by atoms with Crippen LogP contribution in [-0.4, -0.2) is 91.9 Å². The Morgan fingerprint density at radius 3 is 2.33 bits per heavy atom. The summed E-state index contributed by atoms with van der Waals surface area (Å²) in [4.78, 5) is 42.6. The standard InChI is InChI=1S/C32H39N3O6S2/c1-31(2)24(22-5-7-23(8-6-22)30(38)39)11-13-32(3)21-35(16-12-27(31)32)29(37)26-10-9-25(42-26)28(36)33-14-4-15-34-17-19-43(40,41)20-18-34/h5-12H,4,13-21H2,1-3H3,(H,33,36)(H,38,39)/t32-/m1/s1. The molecule has 43 heavy (non-hydrogen) atoms. The number of carbonyl (C=O) groups is 3. The summed E-state index contributed by atoms with van der Waals surface area (Å²) in [5, 5.41) is 12.2. The number of carbonyl (C=O) groups excluding carboxylic acids is 2. The molecule has 0 unspecified atom stereocenters. The molecule has 1 aliphatic carbocycles. The average molecular weight is 626 g/mol. The van der Waals surface area contributed by atoms with Gasteiger partial charge in [0, 0.05) is 43.6 Å². The number of rotatable bonds is 8. The lowest BCUT2D eigenvalue weighted by atomic mass is 9.58. The molecule has 11 heteroatoms. The molecule has 2 N–H and O–H groups in total. The number of nitrogens with one attached hydrogen (secondary N) is 1. The van der Waals surface area contributed by atoms with E-state index in [2.05, 4.69) is 43.1 Å². The molecule has 3 aliphatic rings. The minimum Gasteiger partial charge on any atom is -0.478 e. The van der Waals surface area contributed by atoms with Crippen LogP contribution < -0.4 is 5.32 Å². The summed E-state index contributed by atoms with van der Waals surface area (Å²) in [6, 6.07) is 10.4. The molecule has 1 fully saturated rings. The summed E-state index contributed by atoms with van der Waals surface area (Å²) in [7, 11) is -2.90. The van der Waals surface area contributed by atoms with Crippen LogP contribution in [0.2, 0.25) is 0 Å². The third kappa shape index (κ3) is 6.63. The second-order valence-electron chi connectivity index (χ2n) is 12.5. The van der Waals surface area contributed by atoms with Gasteiger partial charge in [-0.2, -0.15) is 0 Å². The van der Waals surface area contributed by atoms with E-state index in [1.807, 2.05) is 17.0 Å². The zero-order valence-electron chi connectivity index (χ0n) is 24.9. The lowest BCUT2D eigenvalue weighted by Crippen LogP contribution is -2.48. The van der Waals surface area contributed by atoms with Gasteiger partial charge in [-0.25, -0.2) is 13.2 Å². The van der Waals surface area contributed by atoms with Gasteiger partial charge in [-0.1, -0.05) is 50.6 Å². The van der Waals surface area contributed by atoms with E-state index in [0.717, 1.165) is 30.5 Å². The number of sulfone groups is 1. The molecule has 1 atom stereocenters. The Bertz CT molecular complexity index is 1570. The SMILES string of the molecule is CC1(C)C(c2ccc(C(=O)O)cc2)=CC[C@]2(C)CN(C(=O)c3ccc(C(=O)NCCCN4CCS(=O)(=O)CC4)s3)CC=C12. The summed E-state index contributed by atoms with van der Waals surface area (Å²) >= 11 is 1.20. The van der Waals surface area contributed by atoms with Gasteiger partial charge in [0.05, 0.1) is 26.8 Å². The fourth-order valence-corrected chi connectivity index (χ4v) is 8.82. The van der Waals surface area contributed by atoms with Gasteiger partial charge in [0.15, 0.2) is 9.84 Å². The molecular weight excluding hydrogens is 587 g/mol. The molecule has 2 aliphatic heterocycles. The van der Waals surface area contributed by atoms with Gasteiger partial charge in [-0.15, -0.1) is 11.3 Å². The predicted molar refractivity (Wildman–Crippen MR) is 168 cm³/mol. The van der Waals surface area contributed by atoms with Gasteiger partial charge in [0.2, 0.25) is 0 Å². The van der Waals surface area contributed by atoms with E-state index >= 15 is 0 Å². The molecule has 0 bridgehead atoms. The molecule has 1 saturated heterocycles. The Hall–Kier alpha value is -3.28. The Labute approximate surface area is 257 Å². The van der Waals surface area contributed by atoms with Crippen molar-refractivity contribution in [1.29, 1.82) is 0 Å². The molecule has 2 amide bonds. The van der Waals surface area contributed by atoms with Crippen molar-refractivity contribution in [2.75, 3.05) is 50.8 Å². The molecule has 9 nitrogen and oxygen atoms in total. The molecule has 0 radical (unpaired) electrons. The van der Waals surface area contributed by atoms with E-state index in [1.165, 1.54) is 16.9 Å². The van der Waals surface area contributed by atoms with Crippen molar-refractivity contribution >= 4 is 44.5 Å². The van der Waals surface area contributed by atoms with Crippen molar-refractivity contribution in [3.05, 3.63) is 75.0 Å². The first-order valence-corrected chi connectivity index (χ1v) is 17.3. The Morgan fingerprint density at radius 1 is 0.977 bits per heavy atom. The first-order valence-electron chi connectivity index (χ1n) is 14.6. The van der Waals surface area contributed by atoms with Gasteiger partial charge in [0.25, 0.3) is 11.8 Å². The van der Waals surface area contributed by atoms with Crippen LogP contribution >= 0.6 is 11.3 Å². The van der Waals surface area contributed by atoms with Gasteiger partial charge < -0.3 is 20.2 Å². The molecule has 2 aromatic rings. The molecular formula is C32H39N3O6S2. The van der Waals surface area contributed by atoms with Crippen LogP contribution in [-0.2, 0) is 9.84 Å². The van der Waals surface area contributed by atoms with E-state index < -0.39 is 15.8 Å². The van der Waals surface area contributed by atoms with E-state index in [4.69, 9.17) is 0 Å². The van der Waals surface area contributed by atoms with Crippen LogP contribution in [0.1, 0.15) is 68.9 Å². The van der Waals surface area contributed by atoms with Crippen LogP contribution in [0.5, 0.6) is 0 Å². The topological polar surface area (TPSA) is 124 Å². The van der Waals surface area contributed by atoms with Crippen LogP contribution in [0.15, 0.2) is 54.1 Å². The summed E-state index contributed by atoms with van der Waals surface area (Å²) in [5.74, 6) is -0.851. The number of hydrogen-bond acceptors (Lipinski definition) is 7. The highest BCUT2D eigenvalue weighted by Crippen LogP contribution is 2.55. The molecule has 1 aromatic carbocycles. The van der Waals surface area contributed by atoms with E-state index in [0.29, 0.717) is 42.5 Å². The maximum atomic E-state index is 13.5. The summed E-state index contributed by atoms with van der Waals surface area (Å²) in [6.07, 6.45) is 5.87.